The van der Waals surface area contributed by atoms with Crippen LogP contribution in [0.2, 0.25) is 0 Å². The maximum Gasteiger partial charge on any atom is 0.408 e. The molecule has 4 atom stereocenters. The average Bonchev–Trinajstić information content (AvgIpc) is 3.44. The van der Waals surface area contributed by atoms with Gasteiger partial charge < -0.3 is 25.0 Å². The van der Waals surface area contributed by atoms with Gasteiger partial charge in [-0.05, 0) is 36.5 Å². The minimum absolute atomic E-state index is 0.110. The Morgan fingerprint density at radius 1 is 1.03 bits per heavy atom. The fourth-order valence-corrected chi connectivity index (χ4v) is 5.09. The van der Waals surface area contributed by atoms with Gasteiger partial charge in [0.1, 0.15) is 12.6 Å². The monoisotopic (exact) mass is 479 g/mol. The van der Waals surface area contributed by atoms with Gasteiger partial charge in [-0.25, -0.2) is 4.79 Å². The molecule has 35 heavy (non-hydrogen) atoms. The molecule has 2 N–H and O–H groups in total. The van der Waals surface area contributed by atoms with E-state index >= 15 is 0 Å². The smallest absolute Gasteiger partial charge is 0.408 e. The fraction of sp³-hybridized carbons (Fsp3) is 0.444. The molecule has 8 nitrogen and oxygen atoms in total. The summed E-state index contributed by atoms with van der Waals surface area (Å²) in [6.45, 7) is 4.66. The zero-order chi connectivity index (χ0) is 24.9. The number of ether oxygens (including phenoxy) is 1. The standard InChI is InChI=1S/C27H33N3O5/c1-18(2)15-21(28-27(34)35-17-19-9-5-3-6-10-19)26(33)29-14-13-22-24(29)23(31)16-30(22)25(32)20-11-7-4-8-12-20/h3-12,18,21-24,31H,13-17H2,1-2H3,(H,28,34)/t21-,22?,23+,24?/m1/s1. The molecule has 2 aliphatic rings. The average molecular weight is 480 g/mol. The van der Waals surface area contributed by atoms with Crippen LogP contribution >= 0.6 is 0 Å². The fourth-order valence-electron chi connectivity index (χ4n) is 5.09. The lowest BCUT2D eigenvalue weighted by molar-refractivity contribution is -0.136. The molecule has 2 aliphatic heterocycles. The molecule has 8 heteroatoms. The Morgan fingerprint density at radius 3 is 2.34 bits per heavy atom. The second-order valence-corrected chi connectivity index (χ2v) is 9.66. The second kappa shape index (κ2) is 10.9. The molecular formula is C27H33N3O5. The van der Waals surface area contributed by atoms with E-state index < -0.39 is 24.3 Å². The predicted octanol–water partition coefficient (Wildman–Crippen LogP) is 2.81. The first-order valence-corrected chi connectivity index (χ1v) is 12.2. The van der Waals surface area contributed by atoms with Crippen LogP contribution in [-0.4, -0.2) is 70.1 Å². The number of nitrogens with one attached hydrogen (secondary N) is 1. The van der Waals surface area contributed by atoms with Gasteiger partial charge in [0.15, 0.2) is 0 Å². The largest absolute Gasteiger partial charge is 0.445 e. The zero-order valence-electron chi connectivity index (χ0n) is 20.2. The van der Waals surface area contributed by atoms with Crippen LogP contribution in [0.25, 0.3) is 0 Å². The third-order valence-electron chi connectivity index (χ3n) is 6.67. The number of aliphatic hydroxyl groups is 1. The summed E-state index contributed by atoms with van der Waals surface area (Å²) >= 11 is 0. The van der Waals surface area contributed by atoms with Gasteiger partial charge in [0, 0.05) is 18.7 Å². The Balaban J connectivity index is 1.43. The van der Waals surface area contributed by atoms with Crippen LogP contribution in [0.1, 0.15) is 42.6 Å². The number of hydrogen-bond acceptors (Lipinski definition) is 5. The van der Waals surface area contributed by atoms with Crippen molar-refractivity contribution in [2.75, 3.05) is 13.1 Å². The number of rotatable bonds is 7. The van der Waals surface area contributed by atoms with Crippen LogP contribution < -0.4 is 5.32 Å². The summed E-state index contributed by atoms with van der Waals surface area (Å²) < 4.78 is 5.34. The van der Waals surface area contributed by atoms with Gasteiger partial charge in [0.25, 0.3) is 5.91 Å². The highest BCUT2D eigenvalue weighted by Gasteiger charge is 2.52. The van der Waals surface area contributed by atoms with Gasteiger partial charge in [0.05, 0.1) is 18.2 Å². The SMILES string of the molecule is CC(C)C[C@@H](NC(=O)OCc1ccccc1)C(=O)N1CCC2C1[C@@H](O)CN2C(=O)c1ccccc1. The number of aliphatic hydroxyl groups excluding tert-OH is 1. The normalized spacial score (nSPS) is 22.1. The number of likely N-dealkylation sites (tertiary alicyclic amines) is 2. The maximum atomic E-state index is 13.6. The van der Waals surface area contributed by atoms with E-state index in [1.54, 1.807) is 34.1 Å². The van der Waals surface area contributed by atoms with Crippen LogP contribution in [0.5, 0.6) is 0 Å². The van der Waals surface area contributed by atoms with E-state index in [4.69, 9.17) is 4.74 Å². The molecule has 2 saturated heterocycles. The number of carbonyl (C=O) groups excluding carboxylic acids is 3. The molecule has 2 fully saturated rings. The highest BCUT2D eigenvalue weighted by molar-refractivity contribution is 5.95. The minimum atomic E-state index is -0.844. The van der Waals surface area contributed by atoms with E-state index in [1.807, 2.05) is 50.2 Å². The van der Waals surface area contributed by atoms with Crippen LogP contribution in [0.3, 0.4) is 0 Å². The number of benzene rings is 2. The Hall–Kier alpha value is -3.39. The number of carbonyl (C=O) groups is 3. The van der Waals surface area contributed by atoms with Crippen molar-refractivity contribution in [1.82, 2.24) is 15.1 Å². The van der Waals surface area contributed by atoms with E-state index in [1.165, 1.54) is 0 Å². The summed E-state index contributed by atoms with van der Waals surface area (Å²) in [6.07, 6.45) is -0.477. The molecule has 186 valence electrons. The Kier molecular flexibility index (Phi) is 7.70. The van der Waals surface area contributed by atoms with E-state index in [9.17, 15) is 19.5 Å². The van der Waals surface area contributed by atoms with Crippen LogP contribution in [0.4, 0.5) is 4.79 Å². The number of amides is 3. The van der Waals surface area contributed by atoms with E-state index in [-0.39, 0.29) is 36.9 Å². The third-order valence-corrected chi connectivity index (χ3v) is 6.67. The highest BCUT2D eigenvalue weighted by Crippen LogP contribution is 2.33. The Labute approximate surface area is 205 Å². The summed E-state index contributed by atoms with van der Waals surface area (Å²) in [6, 6.07) is 16.8. The first kappa shape index (κ1) is 24.7. The van der Waals surface area contributed by atoms with Crippen LogP contribution in [0, 0.1) is 5.92 Å². The van der Waals surface area contributed by atoms with Gasteiger partial charge >= 0.3 is 6.09 Å². The van der Waals surface area contributed by atoms with Crippen LogP contribution in [0.15, 0.2) is 60.7 Å². The van der Waals surface area contributed by atoms with E-state index in [2.05, 4.69) is 5.32 Å². The van der Waals surface area contributed by atoms with Crippen molar-refractivity contribution < 1.29 is 24.2 Å². The molecule has 0 aromatic heterocycles. The van der Waals surface area contributed by atoms with Gasteiger partial charge in [-0.15, -0.1) is 0 Å². The lowest BCUT2D eigenvalue weighted by Crippen LogP contribution is -2.53. The molecule has 0 bridgehead atoms. The number of nitrogens with zero attached hydrogens (tertiary/aromatic N) is 2. The molecule has 3 amide bonds. The summed E-state index contributed by atoms with van der Waals surface area (Å²) in [4.78, 5) is 42.5. The molecule has 2 heterocycles. The summed E-state index contributed by atoms with van der Waals surface area (Å²) in [5.41, 5.74) is 1.42. The molecule has 0 radical (unpaired) electrons. The van der Waals surface area contributed by atoms with Gasteiger partial charge in [-0.1, -0.05) is 62.4 Å². The minimum Gasteiger partial charge on any atom is -0.445 e. The zero-order valence-corrected chi connectivity index (χ0v) is 20.2. The number of hydrogen-bond donors (Lipinski definition) is 2. The van der Waals surface area contributed by atoms with E-state index in [0.717, 1.165) is 5.56 Å². The summed E-state index contributed by atoms with van der Waals surface area (Å²) in [5, 5.41) is 13.6. The lowest BCUT2D eigenvalue weighted by atomic mass is 10.0. The molecule has 2 aromatic carbocycles. The Bertz CT molecular complexity index is 1030. The maximum absolute atomic E-state index is 13.6. The molecule has 4 rings (SSSR count). The van der Waals surface area contributed by atoms with Crippen molar-refractivity contribution in [3.05, 3.63) is 71.8 Å². The topological polar surface area (TPSA) is 99.2 Å². The van der Waals surface area contributed by atoms with Crippen molar-refractivity contribution >= 4 is 17.9 Å². The molecule has 2 aromatic rings. The Morgan fingerprint density at radius 2 is 1.69 bits per heavy atom. The summed E-state index contributed by atoms with van der Waals surface area (Å²) in [7, 11) is 0. The van der Waals surface area contributed by atoms with Gasteiger partial charge in [-0.3, -0.25) is 9.59 Å². The quantitative estimate of drug-likeness (QED) is 0.636. The number of alkyl carbamates (subject to hydrolysis) is 1. The molecular weight excluding hydrogens is 446 g/mol. The predicted molar refractivity (Wildman–Crippen MR) is 130 cm³/mol. The molecule has 2 unspecified atom stereocenters. The molecule has 0 spiro atoms. The second-order valence-electron chi connectivity index (χ2n) is 9.66. The summed E-state index contributed by atoms with van der Waals surface area (Å²) in [5.74, 6) is -0.245. The van der Waals surface area contributed by atoms with Crippen molar-refractivity contribution in [3.63, 3.8) is 0 Å². The lowest BCUT2D eigenvalue weighted by Gasteiger charge is -2.30. The van der Waals surface area contributed by atoms with Crippen molar-refractivity contribution in [2.45, 2.75) is 57.5 Å². The first-order valence-electron chi connectivity index (χ1n) is 12.2. The number of β-amino-alcohol motifs (C(OH)–C–C–N with tert-alkyl or cyclic N) is 1. The molecule has 0 aliphatic carbocycles. The molecule has 0 saturated carbocycles. The van der Waals surface area contributed by atoms with Gasteiger partial charge in [-0.2, -0.15) is 0 Å². The highest BCUT2D eigenvalue weighted by atomic mass is 16.5. The van der Waals surface area contributed by atoms with Crippen molar-refractivity contribution in [2.24, 2.45) is 5.92 Å². The van der Waals surface area contributed by atoms with Crippen molar-refractivity contribution in [1.29, 1.82) is 0 Å². The van der Waals surface area contributed by atoms with Crippen LogP contribution in [-0.2, 0) is 16.1 Å². The first-order chi connectivity index (χ1) is 16.8. The van der Waals surface area contributed by atoms with Gasteiger partial charge in [0.2, 0.25) is 5.91 Å². The third kappa shape index (κ3) is 5.65. The number of fused-ring (bicyclic) bond motifs is 1. The van der Waals surface area contributed by atoms with E-state index in [0.29, 0.717) is 24.9 Å². The van der Waals surface area contributed by atoms with Crippen molar-refractivity contribution in [3.8, 4) is 0 Å².